The molecule has 1 heterocycles. The molecule has 0 aromatic heterocycles. The third-order valence-electron chi connectivity index (χ3n) is 3.77. The maximum absolute atomic E-state index is 13.6. The number of carbonyl (C=O) groups excluding carboxylic acids is 1. The van der Waals surface area contributed by atoms with Crippen LogP contribution in [0.1, 0.15) is 24.3 Å². The predicted molar refractivity (Wildman–Crippen MR) is 80.6 cm³/mol. The van der Waals surface area contributed by atoms with Crippen molar-refractivity contribution in [3.63, 3.8) is 0 Å². The fourth-order valence-corrected chi connectivity index (χ4v) is 2.68. The maximum Gasteiger partial charge on any atom is 0.225 e. The molecule has 0 aliphatic carbocycles. The van der Waals surface area contributed by atoms with Crippen LogP contribution in [0, 0.1) is 5.82 Å². The van der Waals surface area contributed by atoms with Gasteiger partial charge in [0.25, 0.3) is 0 Å². The Kier molecular flexibility index (Phi) is 3.96. The lowest BCUT2D eigenvalue weighted by molar-refractivity contribution is -0.116. The van der Waals surface area contributed by atoms with Crippen molar-refractivity contribution in [2.24, 2.45) is 0 Å². The van der Waals surface area contributed by atoms with E-state index < -0.39 is 5.82 Å². The Hall–Kier alpha value is -2.56. The highest BCUT2D eigenvalue weighted by Crippen LogP contribution is 2.36. The van der Waals surface area contributed by atoms with Crippen LogP contribution in [0.5, 0.6) is 11.5 Å². The van der Waals surface area contributed by atoms with Gasteiger partial charge < -0.3 is 15.2 Å². The van der Waals surface area contributed by atoms with Crippen LogP contribution in [0.4, 0.5) is 10.1 Å². The van der Waals surface area contributed by atoms with Crippen molar-refractivity contribution in [3.05, 3.63) is 53.8 Å². The van der Waals surface area contributed by atoms with Crippen LogP contribution < -0.4 is 10.1 Å². The number of nitrogens with one attached hydrogen (secondary N) is 1. The largest absolute Gasteiger partial charge is 0.506 e. The number of hydrogen-bond donors (Lipinski definition) is 2. The van der Waals surface area contributed by atoms with Gasteiger partial charge in [0.05, 0.1) is 6.61 Å². The third kappa shape index (κ3) is 2.88. The Labute approximate surface area is 127 Å². The SMILES string of the molecule is O=C(CC1CCOc2ccccc21)Nc1c(O)cccc1F. The van der Waals surface area contributed by atoms with E-state index in [1.807, 2.05) is 24.3 Å². The highest BCUT2D eigenvalue weighted by Gasteiger charge is 2.24. The lowest BCUT2D eigenvalue weighted by atomic mass is 9.90. The van der Waals surface area contributed by atoms with E-state index >= 15 is 0 Å². The Morgan fingerprint density at radius 3 is 2.91 bits per heavy atom. The molecule has 114 valence electrons. The van der Waals surface area contributed by atoms with E-state index in [1.54, 1.807) is 0 Å². The number of fused-ring (bicyclic) bond motifs is 1. The Morgan fingerprint density at radius 2 is 2.09 bits per heavy atom. The first-order chi connectivity index (χ1) is 10.6. The molecule has 2 N–H and O–H groups in total. The van der Waals surface area contributed by atoms with E-state index in [0.29, 0.717) is 6.61 Å². The first kappa shape index (κ1) is 14.4. The number of phenols is 1. The average Bonchev–Trinajstić information content (AvgIpc) is 2.51. The van der Waals surface area contributed by atoms with Gasteiger partial charge in [-0.3, -0.25) is 4.79 Å². The normalized spacial score (nSPS) is 16.5. The quantitative estimate of drug-likeness (QED) is 0.854. The zero-order chi connectivity index (χ0) is 15.5. The second-order valence-electron chi connectivity index (χ2n) is 5.26. The van der Waals surface area contributed by atoms with Crippen LogP contribution in [-0.2, 0) is 4.79 Å². The minimum atomic E-state index is -0.652. The summed E-state index contributed by atoms with van der Waals surface area (Å²) < 4.78 is 19.2. The Balaban J connectivity index is 1.73. The molecule has 0 bridgehead atoms. The molecule has 22 heavy (non-hydrogen) atoms. The van der Waals surface area contributed by atoms with Crippen LogP contribution in [-0.4, -0.2) is 17.6 Å². The van der Waals surface area contributed by atoms with E-state index in [2.05, 4.69) is 5.32 Å². The van der Waals surface area contributed by atoms with Gasteiger partial charge in [-0.1, -0.05) is 24.3 Å². The number of aromatic hydroxyl groups is 1. The molecule has 1 atom stereocenters. The van der Waals surface area contributed by atoms with Crippen LogP contribution in [0.2, 0.25) is 0 Å². The van der Waals surface area contributed by atoms with E-state index in [9.17, 15) is 14.3 Å². The van der Waals surface area contributed by atoms with Crippen LogP contribution >= 0.6 is 0 Å². The summed E-state index contributed by atoms with van der Waals surface area (Å²) in [5.74, 6) is -0.442. The summed E-state index contributed by atoms with van der Waals surface area (Å²) in [5, 5.41) is 12.1. The monoisotopic (exact) mass is 301 g/mol. The van der Waals surface area contributed by atoms with Crippen molar-refractivity contribution in [3.8, 4) is 11.5 Å². The van der Waals surface area contributed by atoms with Gasteiger partial charge in [-0.25, -0.2) is 4.39 Å². The van der Waals surface area contributed by atoms with Crippen molar-refractivity contribution in [1.82, 2.24) is 0 Å². The number of benzene rings is 2. The minimum Gasteiger partial charge on any atom is -0.506 e. The molecule has 1 aliphatic rings. The molecule has 1 unspecified atom stereocenters. The van der Waals surface area contributed by atoms with Gasteiger partial charge in [0.1, 0.15) is 17.2 Å². The molecule has 1 amide bonds. The van der Waals surface area contributed by atoms with Gasteiger partial charge in [-0.15, -0.1) is 0 Å². The fraction of sp³-hybridized carbons (Fsp3) is 0.235. The maximum atomic E-state index is 13.6. The molecule has 2 aromatic rings. The van der Waals surface area contributed by atoms with E-state index in [4.69, 9.17) is 4.74 Å². The molecule has 0 radical (unpaired) electrons. The second kappa shape index (κ2) is 6.05. The summed E-state index contributed by atoms with van der Waals surface area (Å²) in [4.78, 5) is 12.2. The van der Waals surface area contributed by atoms with Crippen molar-refractivity contribution in [2.45, 2.75) is 18.8 Å². The van der Waals surface area contributed by atoms with Crippen molar-refractivity contribution < 1.29 is 19.0 Å². The zero-order valence-electron chi connectivity index (χ0n) is 11.9. The molecule has 5 heteroatoms. The molecule has 4 nitrogen and oxygen atoms in total. The van der Waals surface area contributed by atoms with Gasteiger partial charge >= 0.3 is 0 Å². The van der Waals surface area contributed by atoms with Gasteiger partial charge in [0.2, 0.25) is 5.91 Å². The van der Waals surface area contributed by atoms with Crippen LogP contribution in [0.15, 0.2) is 42.5 Å². The van der Waals surface area contributed by atoms with Crippen LogP contribution in [0.3, 0.4) is 0 Å². The average molecular weight is 301 g/mol. The molecule has 0 saturated heterocycles. The number of halogens is 1. The number of rotatable bonds is 3. The van der Waals surface area contributed by atoms with Gasteiger partial charge in [-0.2, -0.15) is 0 Å². The predicted octanol–water partition coefficient (Wildman–Crippen LogP) is 3.43. The smallest absolute Gasteiger partial charge is 0.225 e. The molecule has 3 rings (SSSR count). The van der Waals surface area contributed by atoms with Gasteiger partial charge in [0, 0.05) is 6.42 Å². The molecule has 2 aromatic carbocycles. The molecular weight excluding hydrogens is 285 g/mol. The van der Waals surface area contributed by atoms with Gasteiger partial charge in [-0.05, 0) is 36.1 Å². The lowest BCUT2D eigenvalue weighted by Crippen LogP contribution is -2.21. The van der Waals surface area contributed by atoms with Gasteiger partial charge in [0.15, 0.2) is 5.82 Å². The number of hydrogen-bond acceptors (Lipinski definition) is 3. The van der Waals surface area contributed by atoms with E-state index in [0.717, 1.165) is 17.7 Å². The van der Waals surface area contributed by atoms with E-state index in [-0.39, 0.29) is 29.7 Å². The number of carbonyl (C=O) groups is 1. The summed E-state index contributed by atoms with van der Waals surface area (Å²) in [6, 6.07) is 11.5. The van der Waals surface area contributed by atoms with Crippen molar-refractivity contribution >= 4 is 11.6 Å². The minimum absolute atomic E-state index is 0.0267. The van der Waals surface area contributed by atoms with Crippen molar-refractivity contribution in [1.29, 1.82) is 0 Å². The first-order valence-corrected chi connectivity index (χ1v) is 7.14. The van der Waals surface area contributed by atoms with Crippen molar-refractivity contribution in [2.75, 3.05) is 11.9 Å². The fourth-order valence-electron chi connectivity index (χ4n) is 2.68. The number of para-hydroxylation sites is 2. The third-order valence-corrected chi connectivity index (χ3v) is 3.77. The zero-order valence-corrected chi connectivity index (χ0v) is 11.9. The summed E-state index contributed by atoms with van der Waals surface area (Å²) >= 11 is 0. The number of anilines is 1. The summed E-state index contributed by atoms with van der Waals surface area (Å²) in [5.41, 5.74) is 0.814. The second-order valence-corrected chi connectivity index (χ2v) is 5.26. The summed E-state index contributed by atoms with van der Waals surface area (Å²) in [7, 11) is 0. The number of ether oxygens (including phenoxy) is 1. The number of phenolic OH excluding ortho intramolecular Hbond substituents is 1. The Morgan fingerprint density at radius 1 is 1.27 bits per heavy atom. The van der Waals surface area contributed by atoms with E-state index in [1.165, 1.54) is 18.2 Å². The standard InChI is InChI=1S/C17H16FNO3/c18-13-5-3-6-14(20)17(13)19-16(21)10-11-8-9-22-15-7-2-1-4-12(11)15/h1-7,11,20H,8-10H2,(H,19,21). The first-order valence-electron chi connectivity index (χ1n) is 7.14. The topological polar surface area (TPSA) is 58.6 Å². The molecule has 1 aliphatic heterocycles. The molecule has 0 saturated carbocycles. The molecule has 0 spiro atoms. The summed E-state index contributed by atoms with van der Waals surface area (Å²) in [6.07, 6.45) is 0.946. The summed E-state index contributed by atoms with van der Waals surface area (Å²) in [6.45, 7) is 0.555. The highest BCUT2D eigenvalue weighted by molar-refractivity contribution is 5.92. The number of amides is 1. The van der Waals surface area contributed by atoms with Crippen LogP contribution in [0.25, 0.3) is 0 Å². The molecular formula is C17H16FNO3. The lowest BCUT2D eigenvalue weighted by Gasteiger charge is -2.25. The molecule has 0 fully saturated rings. The highest BCUT2D eigenvalue weighted by atomic mass is 19.1. The Bertz CT molecular complexity index is 682.